The second-order valence-corrected chi connectivity index (χ2v) is 25.3. The van der Waals surface area contributed by atoms with Gasteiger partial charge in [0.1, 0.15) is 49.1 Å². The summed E-state index contributed by atoms with van der Waals surface area (Å²) in [5, 5.41) is 2.44. The van der Waals surface area contributed by atoms with Gasteiger partial charge in [0.05, 0.1) is 32.1 Å². The van der Waals surface area contributed by atoms with E-state index >= 15 is 0 Å². The van der Waals surface area contributed by atoms with Crippen LogP contribution in [0, 0.1) is 11.8 Å². The van der Waals surface area contributed by atoms with E-state index in [4.69, 9.17) is 46.4 Å². The molecular weight excluding hydrogens is 1240 g/mol. The van der Waals surface area contributed by atoms with Crippen LogP contribution in [0.25, 0.3) is 33.8 Å². The van der Waals surface area contributed by atoms with E-state index in [2.05, 4.69) is 25.0 Å². The Morgan fingerprint density at radius 2 is 0.862 bits per heavy atom. The lowest BCUT2D eigenvalue weighted by Gasteiger charge is -2.31. The highest BCUT2D eigenvalue weighted by Crippen LogP contribution is 2.39. The minimum atomic E-state index is -0.506. The Kier molecular flexibility index (Phi) is 22.4. The smallest absolute Gasteiger partial charge is 0.298 e. The van der Waals surface area contributed by atoms with Gasteiger partial charge in [-0.1, -0.05) is 73.7 Å². The van der Waals surface area contributed by atoms with E-state index in [1.54, 1.807) is 16.7 Å². The van der Waals surface area contributed by atoms with E-state index in [0.717, 1.165) is 94.0 Å². The number of ether oxygens (including phenoxy) is 3. The Labute approximate surface area is 557 Å². The molecule has 478 valence electrons. The van der Waals surface area contributed by atoms with Crippen LogP contribution in [0.5, 0.6) is 34.5 Å². The van der Waals surface area contributed by atoms with Crippen LogP contribution in [0.3, 0.4) is 0 Å². The average Bonchev–Trinajstić information content (AvgIpc) is 1.70. The van der Waals surface area contributed by atoms with Gasteiger partial charge in [-0.05, 0) is 173 Å². The van der Waals surface area contributed by atoms with Crippen LogP contribution in [0.2, 0.25) is 0 Å². The maximum atomic E-state index is 12.2. The van der Waals surface area contributed by atoms with Crippen LogP contribution in [0.1, 0.15) is 101 Å². The molecule has 3 aromatic heterocycles. The SMILES string of the molecule is C=CC(=O)N1CCC[C@@H](c2nc(-c3ccc(Oc4ccccc4)cc3)c(C(N)=O)s2)C1.C=CC(=O)N1CCC[C@H]1Cc1nc(-c2ccc(Oc3ccccc3)cc2)c(C(N)=O)s1.CC#CC(=O)N1CCC[C@@H](c2nc(-c3ccc(Oc4ccccc4)cc3)c(C(N)=O)s2)C1. The summed E-state index contributed by atoms with van der Waals surface area (Å²) < 4.78 is 17.5. The quantitative estimate of drug-likeness (QED) is 0.0535. The summed E-state index contributed by atoms with van der Waals surface area (Å²) in [5.74, 6) is 7.90. The monoisotopic (exact) mass is 1310 g/mol. The molecule has 0 radical (unpaired) electrons. The first kappa shape index (κ1) is 66.4. The number of aromatic nitrogens is 3. The molecule has 21 heteroatoms. The summed E-state index contributed by atoms with van der Waals surface area (Å²) in [5.41, 5.74) is 21.0. The van der Waals surface area contributed by atoms with Gasteiger partial charge in [-0.3, -0.25) is 28.8 Å². The summed E-state index contributed by atoms with van der Waals surface area (Å²) in [6, 6.07) is 50.9. The molecule has 94 heavy (non-hydrogen) atoms. The molecule has 3 aliphatic rings. The number of nitrogens with two attached hydrogens (primary N) is 3. The molecule has 3 fully saturated rings. The van der Waals surface area contributed by atoms with Crippen LogP contribution in [-0.4, -0.2) is 104 Å². The Morgan fingerprint density at radius 1 is 0.489 bits per heavy atom. The first-order valence-corrected chi connectivity index (χ1v) is 33.1. The number of thiazole rings is 3. The van der Waals surface area contributed by atoms with Gasteiger partial charge in [-0.25, -0.2) is 15.0 Å². The maximum absolute atomic E-state index is 12.2. The number of piperidine rings is 2. The van der Waals surface area contributed by atoms with Crippen LogP contribution in [-0.2, 0) is 20.8 Å². The summed E-state index contributed by atoms with van der Waals surface area (Å²) in [6.07, 6.45) is 8.71. The van der Waals surface area contributed by atoms with Crippen molar-refractivity contribution in [3.8, 4) is 80.1 Å². The Hall–Kier alpha value is -10.5. The largest absolute Gasteiger partial charge is 0.457 e. The zero-order chi connectivity index (χ0) is 66.1. The van der Waals surface area contributed by atoms with Crippen LogP contribution in [0.4, 0.5) is 0 Å². The minimum absolute atomic E-state index is 0.0592. The van der Waals surface area contributed by atoms with Crippen LogP contribution < -0.4 is 31.4 Å². The summed E-state index contributed by atoms with van der Waals surface area (Å²) in [4.78, 5) is 93.5. The molecule has 0 unspecified atom stereocenters. The third kappa shape index (κ3) is 16.9. The lowest BCUT2D eigenvalue weighted by molar-refractivity contribution is -0.127. The highest BCUT2D eigenvalue weighted by Gasteiger charge is 2.32. The van der Waals surface area contributed by atoms with Gasteiger partial charge in [-0.2, -0.15) is 0 Å². The highest BCUT2D eigenvalue weighted by atomic mass is 32.1. The maximum Gasteiger partial charge on any atom is 0.298 e. The molecule has 0 saturated carbocycles. The number of primary amides is 3. The molecule has 12 rings (SSSR count). The number of carbonyl (C=O) groups is 6. The van der Waals surface area contributed by atoms with E-state index < -0.39 is 17.7 Å². The van der Waals surface area contributed by atoms with Crippen LogP contribution in [0.15, 0.2) is 189 Å². The van der Waals surface area contributed by atoms with Gasteiger partial charge in [0, 0.05) is 73.7 Å². The minimum Gasteiger partial charge on any atom is -0.457 e. The molecule has 0 spiro atoms. The molecule has 3 atom stereocenters. The number of benzene rings is 6. The summed E-state index contributed by atoms with van der Waals surface area (Å²) in [6.45, 7) is 12.0. The van der Waals surface area contributed by atoms with Crippen LogP contribution >= 0.6 is 34.0 Å². The number of hydrogen-bond donors (Lipinski definition) is 3. The van der Waals surface area contributed by atoms with Crippen molar-refractivity contribution in [3.05, 3.63) is 219 Å². The number of hydrogen-bond acceptors (Lipinski definition) is 15. The molecule has 3 aliphatic heterocycles. The Bertz CT molecular complexity index is 4220. The van der Waals surface area contributed by atoms with Gasteiger partial charge < -0.3 is 46.1 Å². The van der Waals surface area contributed by atoms with E-state index in [1.165, 1.54) is 46.2 Å². The van der Waals surface area contributed by atoms with Gasteiger partial charge >= 0.3 is 0 Å². The number of para-hydroxylation sites is 3. The predicted molar refractivity (Wildman–Crippen MR) is 367 cm³/mol. The molecule has 6 aromatic carbocycles. The summed E-state index contributed by atoms with van der Waals surface area (Å²) in [7, 11) is 0. The molecule has 6 heterocycles. The second kappa shape index (κ2) is 31.7. The van der Waals surface area contributed by atoms with Crippen molar-refractivity contribution in [2.75, 3.05) is 32.7 Å². The number of nitrogens with zero attached hydrogens (tertiary/aromatic N) is 6. The number of rotatable bonds is 18. The topological polar surface area (TPSA) is 257 Å². The zero-order valence-corrected chi connectivity index (χ0v) is 54.1. The lowest BCUT2D eigenvalue weighted by atomic mass is 9.98. The van der Waals surface area contributed by atoms with Crippen molar-refractivity contribution in [3.63, 3.8) is 0 Å². The van der Waals surface area contributed by atoms with Crippen molar-refractivity contribution in [1.29, 1.82) is 0 Å². The fraction of sp³-hybridized carbons (Fsp3) is 0.219. The Morgan fingerprint density at radius 3 is 1.27 bits per heavy atom. The van der Waals surface area contributed by atoms with Crippen molar-refractivity contribution >= 4 is 69.5 Å². The standard InChI is InChI=1S/C25H23N3O3S.2C24H23N3O3S/c1-2-7-21(29)28-15-6-8-18(16-28)25-27-22(23(32-25)24(26)30)17-11-13-20(14-12-17)31-19-9-4-3-5-10-19;1-2-21(28)27-14-6-7-17(27)15-20-26-22(23(31-20)24(25)29)16-10-12-19(13-11-16)30-18-8-4-3-5-9-18;1-2-20(28)27-14-6-7-17(15-27)24-26-21(22(31-24)23(25)29)16-10-12-19(13-11-16)30-18-8-4-3-5-9-18/h3-5,9-14,18H,6,8,15-16H2,1H3,(H2,26,30);2*2-5,8-13,17H,1,6-7,14-15H2,(H2,25,29)/t18-;2*17-/m101/s1. The molecule has 18 nitrogen and oxygen atoms in total. The van der Waals surface area contributed by atoms with Gasteiger partial charge in [0.15, 0.2) is 0 Å². The summed E-state index contributed by atoms with van der Waals surface area (Å²) >= 11 is 3.93. The Balaban J connectivity index is 0.000000154. The van der Waals surface area contributed by atoms with Gasteiger partial charge in [0.25, 0.3) is 23.6 Å². The fourth-order valence-electron chi connectivity index (χ4n) is 11.2. The number of amides is 6. The van der Waals surface area contributed by atoms with Crippen molar-refractivity contribution in [1.82, 2.24) is 29.7 Å². The molecule has 0 bridgehead atoms. The second-order valence-electron chi connectivity index (χ2n) is 22.2. The fourth-order valence-corrected chi connectivity index (χ4v) is 14.3. The van der Waals surface area contributed by atoms with E-state index in [9.17, 15) is 28.8 Å². The molecular formula is C73H69N9O9S3. The third-order valence-corrected chi connectivity index (χ3v) is 19.3. The lowest BCUT2D eigenvalue weighted by Crippen LogP contribution is -2.38. The molecule has 0 aliphatic carbocycles. The first-order valence-electron chi connectivity index (χ1n) is 30.6. The number of likely N-dealkylation sites (tertiary alicyclic amines) is 3. The predicted octanol–water partition coefficient (Wildman–Crippen LogP) is 13.4. The van der Waals surface area contributed by atoms with E-state index in [1.807, 2.05) is 169 Å². The third-order valence-electron chi connectivity index (χ3n) is 15.7. The van der Waals surface area contributed by atoms with E-state index in [-0.39, 0.29) is 35.6 Å². The highest BCUT2D eigenvalue weighted by molar-refractivity contribution is 7.15. The van der Waals surface area contributed by atoms with Crippen molar-refractivity contribution < 1.29 is 43.0 Å². The van der Waals surface area contributed by atoms with E-state index in [0.29, 0.717) is 81.6 Å². The zero-order valence-electron chi connectivity index (χ0n) is 51.7. The van der Waals surface area contributed by atoms with Gasteiger partial charge in [-0.15, -0.1) is 34.0 Å². The average molecular weight is 1310 g/mol. The molecule has 6 N–H and O–H groups in total. The van der Waals surface area contributed by atoms with Crippen molar-refractivity contribution in [2.45, 2.75) is 69.7 Å². The van der Waals surface area contributed by atoms with Crippen molar-refractivity contribution in [2.24, 2.45) is 17.2 Å². The number of carbonyl (C=O) groups excluding carboxylic acids is 6. The molecule has 3 saturated heterocycles. The first-order chi connectivity index (χ1) is 45.6. The normalized spacial score (nSPS) is 15.7. The molecule has 9 aromatic rings. The molecule has 6 amide bonds. The van der Waals surface area contributed by atoms with Gasteiger partial charge in [0.2, 0.25) is 11.8 Å².